The van der Waals surface area contributed by atoms with Crippen LogP contribution in [0.4, 0.5) is 0 Å². The minimum Gasteiger partial charge on any atom is -0.507 e. The number of carbonyl (C=O) groups is 1. The topological polar surface area (TPSA) is 87.4 Å². The zero-order valence-corrected chi connectivity index (χ0v) is 13.4. The van der Waals surface area contributed by atoms with Gasteiger partial charge in [-0.15, -0.1) is 0 Å². The zero-order valence-electron chi connectivity index (χ0n) is 12.6. The van der Waals surface area contributed by atoms with E-state index in [4.69, 9.17) is 11.6 Å². The van der Waals surface area contributed by atoms with Crippen LogP contribution in [0.3, 0.4) is 0 Å². The lowest BCUT2D eigenvalue weighted by Gasteiger charge is -2.37. The Morgan fingerprint density at radius 1 is 1.48 bits per heavy atom. The van der Waals surface area contributed by atoms with Gasteiger partial charge in [-0.3, -0.25) is 9.48 Å². The van der Waals surface area contributed by atoms with Crippen LogP contribution >= 0.6 is 11.6 Å². The second-order valence-corrected chi connectivity index (χ2v) is 6.38. The Morgan fingerprint density at radius 3 is 2.78 bits per heavy atom. The predicted molar refractivity (Wildman–Crippen MR) is 85.3 cm³/mol. The average molecular weight is 336 g/mol. The summed E-state index contributed by atoms with van der Waals surface area (Å²) in [5.74, 6) is -0.393. The Bertz CT molecular complexity index is 725. The van der Waals surface area contributed by atoms with Gasteiger partial charge in [-0.2, -0.15) is 5.10 Å². The van der Waals surface area contributed by atoms with E-state index in [1.54, 1.807) is 16.9 Å². The van der Waals surface area contributed by atoms with E-state index in [1.807, 2.05) is 13.2 Å². The SMILES string of the molecule is Cn1cc([C@@H](NC(=O)c2ccc(Cl)cc2O)C2CC(O)C2)cn1. The standard InChI is InChI=1S/C16H18ClN3O3/c1-20-8-10(7-18-20)15(9-4-12(21)5-9)19-16(23)13-3-2-11(17)6-14(13)22/h2-3,6-9,12,15,21-22H,4-5H2,1H3,(H,19,23)/t9?,12?,15-/m0/s1. The molecule has 1 aliphatic rings. The van der Waals surface area contributed by atoms with Crippen molar-refractivity contribution in [3.63, 3.8) is 0 Å². The minimum absolute atomic E-state index is 0.146. The van der Waals surface area contributed by atoms with Crippen LogP contribution in [0.5, 0.6) is 5.75 Å². The first kappa shape index (κ1) is 15.8. The number of aliphatic hydroxyl groups excluding tert-OH is 1. The summed E-state index contributed by atoms with van der Waals surface area (Å²) >= 11 is 5.79. The third-order valence-electron chi connectivity index (χ3n) is 4.20. The molecule has 1 heterocycles. The number of nitrogens with one attached hydrogen (secondary N) is 1. The second kappa shape index (κ2) is 6.22. The predicted octanol–water partition coefficient (Wildman–Crippen LogP) is 2.02. The highest BCUT2D eigenvalue weighted by Crippen LogP contribution is 2.38. The molecular formula is C16H18ClN3O3. The lowest BCUT2D eigenvalue weighted by atomic mass is 9.75. The molecule has 0 aliphatic heterocycles. The lowest BCUT2D eigenvalue weighted by molar-refractivity contribution is 0.0235. The molecule has 6 nitrogen and oxygen atoms in total. The molecule has 1 saturated carbocycles. The van der Waals surface area contributed by atoms with Crippen LogP contribution in [0, 0.1) is 5.92 Å². The molecule has 1 aromatic carbocycles. The van der Waals surface area contributed by atoms with Crippen molar-refractivity contribution in [3.8, 4) is 5.75 Å². The average Bonchev–Trinajstić information content (AvgIpc) is 2.88. The summed E-state index contributed by atoms with van der Waals surface area (Å²) in [7, 11) is 1.81. The largest absolute Gasteiger partial charge is 0.507 e. The summed E-state index contributed by atoms with van der Waals surface area (Å²) < 4.78 is 1.67. The van der Waals surface area contributed by atoms with Crippen LogP contribution in [0.15, 0.2) is 30.6 Å². The van der Waals surface area contributed by atoms with Gasteiger partial charge in [-0.1, -0.05) is 11.6 Å². The summed E-state index contributed by atoms with van der Waals surface area (Å²) in [4.78, 5) is 12.5. The summed E-state index contributed by atoms with van der Waals surface area (Å²) in [6, 6.07) is 4.13. The number of benzene rings is 1. The third-order valence-corrected chi connectivity index (χ3v) is 4.43. The molecule has 0 spiro atoms. The molecular weight excluding hydrogens is 318 g/mol. The van der Waals surface area contributed by atoms with Gasteiger partial charge in [-0.25, -0.2) is 0 Å². The molecule has 3 N–H and O–H groups in total. The molecule has 1 aromatic heterocycles. The van der Waals surface area contributed by atoms with Crippen molar-refractivity contribution in [3.05, 3.63) is 46.7 Å². The van der Waals surface area contributed by atoms with Gasteiger partial charge in [0.1, 0.15) is 5.75 Å². The number of hydrogen-bond donors (Lipinski definition) is 3. The van der Waals surface area contributed by atoms with Crippen molar-refractivity contribution in [1.29, 1.82) is 0 Å². The number of nitrogens with zero attached hydrogens (tertiary/aromatic N) is 2. The highest BCUT2D eigenvalue weighted by atomic mass is 35.5. The second-order valence-electron chi connectivity index (χ2n) is 5.95. The van der Waals surface area contributed by atoms with E-state index < -0.39 is 0 Å². The number of aliphatic hydroxyl groups is 1. The van der Waals surface area contributed by atoms with E-state index in [0.717, 1.165) is 5.56 Å². The molecule has 122 valence electrons. The first-order valence-corrected chi connectivity index (χ1v) is 7.78. The Hall–Kier alpha value is -2.05. The monoisotopic (exact) mass is 335 g/mol. The number of aromatic hydroxyl groups is 1. The molecule has 0 radical (unpaired) electrons. The van der Waals surface area contributed by atoms with E-state index in [-0.39, 0.29) is 35.3 Å². The molecule has 3 rings (SSSR count). The molecule has 1 amide bonds. The minimum atomic E-state index is -0.380. The van der Waals surface area contributed by atoms with Gasteiger partial charge in [0.15, 0.2) is 0 Å². The number of phenolic OH excluding ortho intramolecular Hbond substituents is 1. The molecule has 0 saturated heterocycles. The number of aromatic nitrogens is 2. The lowest BCUT2D eigenvalue weighted by Crippen LogP contribution is -2.41. The van der Waals surface area contributed by atoms with Gasteiger partial charge < -0.3 is 15.5 Å². The molecule has 1 aliphatic carbocycles. The van der Waals surface area contributed by atoms with Crippen LogP contribution in [0.1, 0.15) is 34.8 Å². The smallest absolute Gasteiger partial charge is 0.255 e. The van der Waals surface area contributed by atoms with Crippen molar-refractivity contribution in [2.24, 2.45) is 13.0 Å². The summed E-state index contributed by atoms with van der Waals surface area (Å²) in [5, 5.41) is 26.9. The first-order valence-electron chi connectivity index (χ1n) is 7.40. The number of phenols is 1. The Balaban J connectivity index is 1.81. The molecule has 2 aromatic rings. The number of hydrogen-bond acceptors (Lipinski definition) is 4. The van der Waals surface area contributed by atoms with Crippen LogP contribution in [-0.2, 0) is 7.05 Å². The quantitative estimate of drug-likeness (QED) is 0.797. The highest BCUT2D eigenvalue weighted by Gasteiger charge is 2.36. The Morgan fingerprint density at radius 2 is 2.22 bits per heavy atom. The maximum atomic E-state index is 12.5. The van der Waals surface area contributed by atoms with E-state index in [1.165, 1.54) is 12.1 Å². The van der Waals surface area contributed by atoms with Crippen LogP contribution < -0.4 is 5.32 Å². The van der Waals surface area contributed by atoms with Gasteiger partial charge in [0.25, 0.3) is 5.91 Å². The van der Waals surface area contributed by atoms with E-state index in [2.05, 4.69) is 10.4 Å². The number of aryl methyl sites for hydroxylation is 1. The fourth-order valence-electron chi connectivity index (χ4n) is 2.89. The first-order chi connectivity index (χ1) is 10.9. The molecule has 0 unspecified atom stereocenters. The van der Waals surface area contributed by atoms with E-state index in [0.29, 0.717) is 17.9 Å². The molecule has 1 atom stereocenters. The van der Waals surface area contributed by atoms with Gasteiger partial charge in [0.2, 0.25) is 0 Å². The van der Waals surface area contributed by atoms with E-state index >= 15 is 0 Å². The fraction of sp³-hybridized carbons (Fsp3) is 0.375. The molecule has 23 heavy (non-hydrogen) atoms. The summed E-state index contributed by atoms with van der Waals surface area (Å²) in [5.41, 5.74) is 1.05. The van der Waals surface area contributed by atoms with Gasteiger partial charge in [-0.05, 0) is 37.0 Å². The van der Waals surface area contributed by atoms with Crippen LogP contribution in [-0.4, -0.2) is 32.0 Å². The molecule has 7 heteroatoms. The van der Waals surface area contributed by atoms with Crippen molar-refractivity contribution in [2.75, 3.05) is 0 Å². The van der Waals surface area contributed by atoms with E-state index in [9.17, 15) is 15.0 Å². The number of rotatable bonds is 4. The third kappa shape index (κ3) is 3.33. The summed E-state index contributed by atoms with van der Waals surface area (Å²) in [6.45, 7) is 0. The van der Waals surface area contributed by atoms with Crippen LogP contribution in [0.25, 0.3) is 0 Å². The fourth-order valence-corrected chi connectivity index (χ4v) is 3.06. The maximum absolute atomic E-state index is 12.5. The number of halogens is 1. The number of amides is 1. The normalized spacial score (nSPS) is 21.5. The Kier molecular flexibility index (Phi) is 4.28. The maximum Gasteiger partial charge on any atom is 0.255 e. The van der Waals surface area contributed by atoms with Crippen molar-refractivity contribution < 1.29 is 15.0 Å². The van der Waals surface area contributed by atoms with Gasteiger partial charge >= 0.3 is 0 Å². The highest BCUT2D eigenvalue weighted by molar-refractivity contribution is 6.30. The molecule has 1 fully saturated rings. The van der Waals surface area contributed by atoms with Gasteiger partial charge in [0, 0.05) is 23.8 Å². The van der Waals surface area contributed by atoms with Crippen molar-refractivity contribution in [2.45, 2.75) is 25.0 Å². The zero-order chi connectivity index (χ0) is 16.6. The Labute approximate surface area is 138 Å². The van der Waals surface area contributed by atoms with Gasteiger partial charge in [0.05, 0.1) is 23.9 Å². The van der Waals surface area contributed by atoms with Crippen molar-refractivity contribution >= 4 is 17.5 Å². The number of carbonyl (C=O) groups excluding carboxylic acids is 1. The summed E-state index contributed by atoms with van der Waals surface area (Å²) in [6.07, 6.45) is 4.49. The van der Waals surface area contributed by atoms with Crippen LogP contribution in [0.2, 0.25) is 5.02 Å². The molecule has 0 bridgehead atoms. The van der Waals surface area contributed by atoms with Crippen molar-refractivity contribution in [1.82, 2.24) is 15.1 Å².